The molecular formula is C8H10O3. The molecule has 0 aromatic carbocycles. The van der Waals surface area contributed by atoms with Gasteiger partial charge in [0.2, 0.25) is 0 Å². The van der Waals surface area contributed by atoms with E-state index in [1.165, 1.54) is 0 Å². The van der Waals surface area contributed by atoms with Crippen molar-refractivity contribution < 1.29 is 15.0 Å². The molecule has 1 fully saturated rings. The van der Waals surface area contributed by atoms with Gasteiger partial charge in [-0.25, -0.2) is 0 Å². The van der Waals surface area contributed by atoms with E-state index in [1.807, 2.05) is 0 Å². The first-order valence-corrected chi connectivity index (χ1v) is 3.50. The molecule has 0 amide bonds. The molecule has 1 saturated carbocycles. The summed E-state index contributed by atoms with van der Waals surface area (Å²) in [4.78, 5) is 10.4. The Labute approximate surface area is 65.0 Å². The van der Waals surface area contributed by atoms with Crippen LogP contribution in [0, 0.1) is 18.3 Å². The van der Waals surface area contributed by atoms with Gasteiger partial charge in [0.15, 0.2) is 0 Å². The average molecular weight is 154 g/mol. The van der Waals surface area contributed by atoms with Gasteiger partial charge in [-0.15, -0.1) is 6.42 Å². The average Bonchev–Trinajstić information content (AvgIpc) is 2.33. The van der Waals surface area contributed by atoms with Crippen molar-refractivity contribution in [1.29, 1.82) is 0 Å². The third-order valence-corrected chi connectivity index (χ3v) is 2.11. The molecule has 2 N–H and O–H groups in total. The second kappa shape index (κ2) is 2.55. The Morgan fingerprint density at radius 1 is 1.73 bits per heavy atom. The summed E-state index contributed by atoms with van der Waals surface area (Å²) in [6, 6.07) is 0. The minimum absolute atomic E-state index is 0.193. The first-order chi connectivity index (χ1) is 5.07. The fraction of sp³-hybridized carbons (Fsp3) is 0.625. The molecule has 3 nitrogen and oxygen atoms in total. The smallest absolute Gasteiger partial charge is 0.306 e. The summed E-state index contributed by atoms with van der Waals surface area (Å²) >= 11 is 0. The van der Waals surface area contributed by atoms with Gasteiger partial charge in [0.1, 0.15) is 5.60 Å². The zero-order chi connectivity index (χ0) is 8.48. The van der Waals surface area contributed by atoms with E-state index in [1.54, 1.807) is 0 Å². The van der Waals surface area contributed by atoms with Crippen LogP contribution in [0.5, 0.6) is 0 Å². The SMILES string of the molecule is C#C[C@@]1(O)CC[C@@H](C(=O)O)C1. The Bertz CT molecular complexity index is 216. The van der Waals surface area contributed by atoms with Crippen molar-refractivity contribution in [2.75, 3.05) is 0 Å². The Balaban J connectivity index is 2.62. The van der Waals surface area contributed by atoms with Crippen LogP contribution >= 0.6 is 0 Å². The Morgan fingerprint density at radius 2 is 2.36 bits per heavy atom. The first-order valence-electron chi connectivity index (χ1n) is 3.50. The van der Waals surface area contributed by atoms with Gasteiger partial charge in [-0.1, -0.05) is 5.92 Å². The van der Waals surface area contributed by atoms with Gasteiger partial charge in [-0.05, 0) is 12.8 Å². The zero-order valence-corrected chi connectivity index (χ0v) is 6.08. The molecule has 0 heterocycles. The van der Waals surface area contributed by atoms with Gasteiger partial charge in [-0.3, -0.25) is 4.79 Å². The number of aliphatic hydroxyl groups is 1. The second-order valence-corrected chi connectivity index (χ2v) is 2.95. The van der Waals surface area contributed by atoms with Crippen molar-refractivity contribution in [1.82, 2.24) is 0 Å². The molecule has 60 valence electrons. The largest absolute Gasteiger partial charge is 0.481 e. The number of aliphatic carboxylic acids is 1. The van der Waals surface area contributed by atoms with Crippen LogP contribution in [0.15, 0.2) is 0 Å². The maximum Gasteiger partial charge on any atom is 0.306 e. The third kappa shape index (κ3) is 1.52. The Kier molecular flexibility index (Phi) is 1.88. The topological polar surface area (TPSA) is 57.5 Å². The monoisotopic (exact) mass is 154 g/mol. The summed E-state index contributed by atoms with van der Waals surface area (Å²) in [5, 5.41) is 18.0. The number of carboxylic acids is 1. The Morgan fingerprint density at radius 3 is 2.64 bits per heavy atom. The van der Waals surface area contributed by atoms with Gasteiger partial charge < -0.3 is 10.2 Å². The predicted molar refractivity (Wildman–Crippen MR) is 38.8 cm³/mol. The van der Waals surface area contributed by atoms with E-state index in [0.29, 0.717) is 12.8 Å². The lowest BCUT2D eigenvalue weighted by Crippen LogP contribution is -2.23. The molecule has 1 aliphatic carbocycles. The minimum Gasteiger partial charge on any atom is -0.481 e. The quantitative estimate of drug-likeness (QED) is 0.532. The lowest BCUT2D eigenvalue weighted by Gasteiger charge is -2.12. The van der Waals surface area contributed by atoms with Crippen LogP contribution in [0.4, 0.5) is 0 Å². The third-order valence-electron chi connectivity index (χ3n) is 2.11. The summed E-state index contributed by atoms with van der Waals surface area (Å²) in [6.07, 6.45) is 6.12. The van der Waals surface area contributed by atoms with Crippen molar-refractivity contribution in [3.63, 3.8) is 0 Å². The summed E-state index contributed by atoms with van der Waals surface area (Å²) in [7, 11) is 0. The van der Waals surface area contributed by atoms with Crippen molar-refractivity contribution >= 4 is 5.97 Å². The molecule has 0 unspecified atom stereocenters. The fourth-order valence-corrected chi connectivity index (χ4v) is 1.37. The normalized spacial score (nSPS) is 36.5. The van der Waals surface area contributed by atoms with Gasteiger partial charge in [-0.2, -0.15) is 0 Å². The maximum atomic E-state index is 10.4. The maximum absolute atomic E-state index is 10.4. The number of terminal acetylenes is 1. The summed E-state index contributed by atoms with van der Waals surface area (Å²) < 4.78 is 0. The highest BCUT2D eigenvalue weighted by molar-refractivity contribution is 5.70. The standard InChI is InChI=1S/C8H10O3/c1-2-8(11)4-3-6(5-8)7(9)10/h1,6,11H,3-5H2,(H,9,10)/t6-,8-/m1/s1. The van der Waals surface area contributed by atoms with Gasteiger partial charge in [0, 0.05) is 6.42 Å². The highest BCUT2D eigenvalue weighted by Crippen LogP contribution is 2.33. The van der Waals surface area contributed by atoms with E-state index in [9.17, 15) is 9.90 Å². The fourth-order valence-electron chi connectivity index (χ4n) is 1.37. The minimum atomic E-state index is -1.16. The molecule has 0 aromatic rings. The van der Waals surface area contributed by atoms with Crippen LogP contribution in [-0.4, -0.2) is 21.8 Å². The molecule has 3 heteroatoms. The summed E-state index contributed by atoms with van der Waals surface area (Å²) in [5.41, 5.74) is -1.16. The number of rotatable bonds is 1. The molecule has 0 radical (unpaired) electrons. The number of hydrogen-bond donors (Lipinski definition) is 2. The lowest BCUT2D eigenvalue weighted by atomic mass is 10.0. The highest BCUT2D eigenvalue weighted by Gasteiger charge is 2.38. The second-order valence-electron chi connectivity index (χ2n) is 2.95. The zero-order valence-electron chi connectivity index (χ0n) is 6.08. The van der Waals surface area contributed by atoms with Crippen LogP contribution in [-0.2, 0) is 4.79 Å². The van der Waals surface area contributed by atoms with Crippen LogP contribution in [0.1, 0.15) is 19.3 Å². The first kappa shape index (κ1) is 8.09. The van der Waals surface area contributed by atoms with Crippen LogP contribution in [0.3, 0.4) is 0 Å². The van der Waals surface area contributed by atoms with E-state index in [0.717, 1.165) is 0 Å². The molecule has 0 aromatic heterocycles. The van der Waals surface area contributed by atoms with Crippen LogP contribution in [0.2, 0.25) is 0 Å². The number of carbonyl (C=O) groups is 1. The number of hydrogen-bond acceptors (Lipinski definition) is 2. The molecule has 1 aliphatic rings. The summed E-state index contributed by atoms with van der Waals surface area (Å²) in [5.74, 6) is 0.891. The van der Waals surface area contributed by atoms with E-state index < -0.39 is 17.5 Å². The molecule has 2 atom stereocenters. The van der Waals surface area contributed by atoms with E-state index in [2.05, 4.69) is 5.92 Å². The van der Waals surface area contributed by atoms with E-state index in [-0.39, 0.29) is 6.42 Å². The van der Waals surface area contributed by atoms with Crippen molar-refractivity contribution in [3.8, 4) is 12.3 Å². The molecule has 0 aliphatic heterocycles. The Hall–Kier alpha value is -1.01. The molecule has 0 bridgehead atoms. The predicted octanol–water partition coefficient (Wildman–Crippen LogP) is 0.235. The van der Waals surface area contributed by atoms with Gasteiger partial charge in [0.05, 0.1) is 5.92 Å². The van der Waals surface area contributed by atoms with Crippen molar-refractivity contribution in [2.45, 2.75) is 24.9 Å². The lowest BCUT2D eigenvalue weighted by molar-refractivity contribution is -0.141. The summed E-state index contributed by atoms with van der Waals surface area (Å²) in [6.45, 7) is 0. The van der Waals surface area contributed by atoms with E-state index in [4.69, 9.17) is 11.5 Å². The van der Waals surface area contributed by atoms with E-state index >= 15 is 0 Å². The van der Waals surface area contributed by atoms with Crippen LogP contribution < -0.4 is 0 Å². The molecule has 1 rings (SSSR count). The molecule has 0 spiro atoms. The molecule has 11 heavy (non-hydrogen) atoms. The van der Waals surface area contributed by atoms with Crippen molar-refractivity contribution in [3.05, 3.63) is 0 Å². The number of carboxylic acid groups (broad SMARTS) is 1. The van der Waals surface area contributed by atoms with Crippen LogP contribution in [0.25, 0.3) is 0 Å². The van der Waals surface area contributed by atoms with Crippen molar-refractivity contribution in [2.24, 2.45) is 5.92 Å². The van der Waals surface area contributed by atoms with Gasteiger partial charge >= 0.3 is 5.97 Å². The van der Waals surface area contributed by atoms with Gasteiger partial charge in [0.25, 0.3) is 0 Å². The molecular weight excluding hydrogens is 144 g/mol. The molecule has 0 saturated heterocycles. The highest BCUT2D eigenvalue weighted by atomic mass is 16.4.